The van der Waals surface area contributed by atoms with Crippen molar-refractivity contribution in [1.82, 2.24) is 9.80 Å². The van der Waals surface area contributed by atoms with E-state index in [-0.39, 0.29) is 24.7 Å². The van der Waals surface area contributed by atoms with E-state index in [1.807, 2.05) is 19.0 Å². The average molecular weight is 216 g/mol. The Kier molecular flexibility index (Phi) is 4.50. The van der Waals surface area contributed by atoms with E-state index >= 15 is 0 Å². The Labute approximate surface area is 90.6 Å². The highest BCUT2D eigenvalue weighted by Gasteiger charge is 2.34. The molecule has 0 aliphatic carbocycles. The lowest BCUT2D eigenvalue weighted by Crippen LogP contribution is -2.42. The molecule has 1 fully saturated rings. The maximum atomic E-state index is 11.8. The van der Waals surface area contributed by atoms with Crippen LogP contribution in [0.4, 0.5) is 0 Å². The van der Waals surface area contributed by atoms with Crippen LogP contribution in [0.3, 0.4) is 0 Å². The minimum absolute atomic E-state index is 0.0129. The van der Waals surface area contributed by atoms with Crippen LogP contribution in [0, 0.1) is 0 Å². The summed E-state index contributed by atoms with van der Waals surface area (Å²) in [5.41, 5.74) is 0. The molecule has 5 heteroatoms. The van der Waals surface area contributed by atoms with Crippen LogP contribution in [0.1, 0.15) is 6.42 Å². The summed E-state index contributed by atoms with van der Waals surface area (Å²) in [5.74, 6) is 0.0543. The Morgan fingerprint density at radius 1 is 1.60 bits per heavy atom. The van der Waals surface area contributed by atoms with Crippen molar-refractivity contribution < 1.29 is 14.6 Å². The SMILES string of the molecule is CO[C@@H]1C[C@@H](CO)N(C(=O)CN(C)C)C1. The first-order valence-electron chi connectivity index (χ1n) is 5.16. The minimum Gasteiger partial charge on any atom is -0.394 e. The van der Waals surface area contributed by atoms with Gasteiger partial charge in [0.25, 0.3) is 0 Å². The fourth-order valence-electron chi connectivity index (χ4n) is 1.88. The zero-order valence-electron chi connectivity index (χ0n) is 9.64. The molecular formula is C10H20N2O3. The summed E-state index contributed by atoms with van der Waals surface area (Å²) in [6.07, 6.45) is 0.792. The predicted molar refractivity (Wildman–Crippen MR) is 56.6 cm³/mol. The van der Waals surface area contributed by atoms with E-state index in [0.717, 1.165) is 6.42 Å². The molecule has 1 rings (SSSR count). The van der Waals surface area contributed by atoms with E-state index < -0.39 is 0 Å². The molecule has 0 radical (unpaired) electrons. The van der Waals surface area contributed by atoms with Gasteiger partial charge in [0.15, 0.2) is 0 Å². The number of carbonyl (C=O) groups excluding carboxylic acids is 1. The van der Waals surface area contributed by atoms with Crippen LogP contribution >= 0.6 is 0 Å². The summed E-state index contributed by atoms with van der Waals surface area (Å²) in [7, 11) is 5.35. The van der Waals surface area contributed by atoms with Crippen molar-refractivity contribution in [1.29, 1.82) is 0 Å². The predicted octanol–water partition coefficient (Wildman–Crippen LogP) is -0.844. The van der Waals surface area contributed by atoms with Crippen molar-refractivity contribution in [3.05, 3.63) is 0 Å². The van der Waals surface area contributed by atoms with E-state index in [0.29, 0.717) is 13.1 Å². The Hall–Kier alpha value is -0.650. The van der Waals surface area contributed by atoms with E-state index in [1.165, 1.54) is 0 Å². The molecule has 1 saturated heterocycles. The molecule has 88 valence electrons. The second-order valence-electron chi connectivity index (χ2n) is 4.21. The number of aliphatic hydroxyl groups excluding tert-OH is 1. The molecule has 5 nitrogen and oxygen atoms in total. The third-order valence-electron chi connectivity index (χ3n) is 2.69. The number of amides is 1. The highest BCUT2D eigenvalue weighted by atomic mass is 16.5. The van der Waals surface area contributed by atoms with Gasteiger partial charge in [-0.05, 0) is 20.5 Å². The molecule has 0 aromatic heterocycles. The van der Waals surface area contributed by atoms with E-state index in [2.05, 4.69) is 0 Å². The van der Waals surface area contributed by atoms with E-state index in [1.54, 1.807) is 12.0 Å². The van der Waals surface area contributed by atoms with Crippen LogP contribution < -0.4 is 0 Å². The smallest absolute Gasteiger partial charge is 0.237 e. The van der Waals surface area contributed by atoms with Crippen molar-refractivity contribution in [2.45, 2.75) is 18.6 Å². The molecule has 0 unspecified atom stereocenters. The summed E-state index contributed by atoms with van der Waals surface area (Å²) < 4.78 is 5.21. The van der Waals surface area contributed by atoms with Gasteiger partial charge >= 0.3 is 0 Å². The summed E-state index contributed by atoms with van der Waals surface area (Å²) in [4.78, 5) is 15.4. The summed E-state index contributed by atoms with van der Waals surface area (Å²) in [6, 6.07) is -0.0811. The highest BCUT2D eigenvalue weighted by Crippen LogP contribution is 2.19. The summed E-state index contributed by atoms with van der Waals surface area (Å²) in [5, 5.41) is 9.17. The lowest BCUT2D eigenvalue weighted by Gasteiger charge is -2.24. The number of nitrogens with zero attached hydrogens (tertiary/aromatic N) is 2. The third kappa shape index (κ3) is 3.15. The Bertz CT molecular complexity index is 221. The van der Waals surface area contributed by atoms with Gasteiger partial charge in [0.2, 0.25) is 5.91 Å². The zero-order chi connectivity index (χ0) is 11.4. The number of carbonyl (C=O) groups is 1. The van der Waals surface area contributed by atoms with Crippen molar-refractivity contribution in [2.24, 2.45) is 0 Å². The molecule has 1 amide bonds. The second kappa shape index (κ2) is 5.44. The summed E-state index contributed by atoms with van der Waals surface area (Å²) in [6.45, 7) is 0.986. The fourth-order valence-corrected chi connectivity index (χ4v) is 1.88. The van der Waals surface area contributed by atoms with Crippen LogP contribution in [-0.2, 0) is 9.53 Å². The molecular weight excluding hydrogens is 196 g/mol. The third-order valence-corrected chi connectivity index (χ3v) is 2.69. The molecule has 0 spiro atoms. The van der Waals surface area contributed by atoms with Gasteiger partial charge in [0.1, 0.15) is 0 Å². The number of aliphatic hydroxyl groups is 1. The number of hydrogen-bond acceptors (Lipinski definition) is 4. The lowest BCUT2D eigenvalue weighted by molar-refractivity contribution is -0.133. The first-order chi connectivity index (χ1) is 7.08. The fraction of sp³-hybridized carbons (Fsp3) is 0.900. The number of likely N-dealkylation sites (N-methyl/N-ethyl adjacent to an activating group) is 1. The van der Waals surface area contributed by atoms with Crippen molar-refractivity contribution >= 4 is 5.91 Å². The largest absolute Gasteiger partial charge is 0.394 e. The topological polar surface area (TPSA) is 53.0 Å². The molecule has 1 aliphatic heterocycles. The van der Waals surface area contributed by atoms with Gasteiger partial charge in [-0.2, -0.15) is 0 Å². The van der Waals surface area contributed by atoms with Crippen LogP contribution in [0.15, 0.2) is 0 Å². The molecule has 1 N–H and O–H groups in total. The van der Waals surface area contributed by atoms with Gasteiger partial charge in [0, 0.05) is 13.7 Å². The highest BCUT2D eigenvalue weighted by molar-refractivity contribution is 5.79. The van der Waals surface area contributed by atoms with Gasteiger partial charge in [-0.3, -0.25) is 4.79 Å². The summed E-state index contributed by atoms with van der Waals surface area (Å²) >= 11 is 0. The first kappa shape index (κ1) is 12.4. The van der Waals surface area contributed by atoms with Crippen molar-refractivity contribution in [2.75, 3.05) is 40.9 Å². The van der Waals surface area contributed by atoms with E-state index in [9.17, 15) is 4.79 Å². The average Bonchev–Trinajstić information content (AvgIpc) is 2.59. The van der Waals surface area contributed by atoms with Gasteiger partial charge in [0.05, 0.1) is 25.3 Å². The number of methoxy groups -OCH3 is 1. The molecule has 0 saturated carbocycles. The number of rotatable bonds is 4. The minimum atomic E-state index is -0.0811. The Balaban J connectivity index is 2.55. The normalized spacial score (nSPS) is 26.3. The lowest BCUT2D eigenvalue weighted by atomic mass is 10.2. The van der Waals surface area contributed by atoms with Gasteiger partial charge < -0.3 is 19.6 Å². The standard InChI is InChI=1S/C10H20N2O3/c1-11(2)6-10(14)12-5-9(15-3)4-8(12)7-13/h8-9,13H,4-7H2,1-3H3/t8-,9+/m0/s1. The molecule has 1 heterocycles. The maximum Gasteiger partial charge on any atom is 0.237 e. The van der Waals surface area contributed by atoms with Crippen molar-refractivity contribution in [3.8, 4) is 0 Å². The Morgan fingerprint density at radius 2 is 2.27 bits per heavy atom. The number of likely N-dealkylation sites (tertiary alicyclic amines) is 1. The quantitative estimate of drug-likeness (QED) is 0.665. The van der Waals surface area contributed by atoms with Crippen LogP contribution in [0.25, 0.3) is 0 Å². The number of ether oxygens (including phenoxy) is 1. The van der Waals surface area contributed by atoms with Gasteiger partial charge in [-0.25, -0.2) is 0 Å². The van der Waals surface area contributed by atoms with Crippen LogP contribution in [-0.4, -0.2) is 73.9 Å². The first-order valence-corrected chi connectivity index (χ1v) is 5.16. The van der Waals surface area contributed by atoms with E-state index in [4.69, 9.17) is 9.84 Å². The molecule has 0 bridgehead atoms. The van der Waals surface area contributed by atoms with Crippen LogP contribution in [0.5, 0.6) is 0 Å². The van der Waals surface area contributed by atoms with Gasteiger partial charge in [-0.15, -0.1) is 0 Å². The molecule has 15 heavy (non-hydrogen) atoms. The monoisotopic (exact) mass is 216 g/mol. The zero-order valence-corrected chi connectivity index (χ0v) is 9.64. The van der Waals surface area contributed by atoms with Gasteiger partial charge in [-0.1, -0.05) is 0 Å². The maximum absolute atomic E-state index is 11.8. The molecule has 0 aromatic carbocycles. The number of hydrogen-bond donors (Lipinski definition) is 1. The molecule has 1 aliphatic rings. The molecule has 0 aromatic rings. The molecule has 2 atom stereocenters. The Morgan fingerprint density at radius 3 is 2.73 bits per heavy atom. The second-order valence-corrected chi connectivity index (χ2v) is 4.21. The van der Waals surface area contributed by atoms with Crippen LogP contribution in [0.2, 0.25) is 0 Å². The van der Waals surface area contributed by atoms with Crippen molar-refractivity contribution in [3.63, 3.8) is 0 Å².